The lowest BCUT2D eigenvalue weighted by Gasteiger charge is -2.42. The van der Waals surface area contributed by atoms with Gasteiger partial charge in [0.2, 0.25) is 5.91 Å². The summed E-state index contributed by atoms with van der Waals surface area (Å²) < 4.78 is 5.56. The molecular weight excluding hydrogens is 286 g/mol. The first-order valence-corrected chi connectivity index (χ1v) is 8.46. The average Bonchev–Trinajstić information content (AvgIpc) is 2.52. The van der Waals surface area contributed by atoms with Crippen molar-refractivity contribution in [3.63, 3.8) is 0 Å². The van der Waals surface area contributed by atoms with Gasteiger partial charge in [-0.1, -0.05) is 39.5 Å². The Bertz CT molecular complexity index is 324. The van der Waals surface area contributed by atoms with E-state index in [0.29, 0.717) is 12.8 Å². The highest BCUT2D eigenvalue weighted by molar-refractivity contribution is 5.76. The highest BCUT2D eigenvalue weighted by atomic mass is 16.5. The second kappa shape index (κ2) is 10.2. The summed E-state index contributed by atoms with van der Waals surface area (Å²) in [6.45, 7) is 3.67. The van der Waals surface area contributed by atoms with E-state index in [1.54, 1.807) is 0 Å². The maximum atomic E-state index is 12.0. The van der Waals surface area contributed by atoms with Gasteiger partial charge in [0.25, 0.3) is 0 Å². The van der Waals surface area contributed by atoms with Crippen molar-refractivity contribution in [3.8, 4) is 0 Å². The van der Waals surface area contributed by atoms with Crippen LogP contribution >= 0.6 is 0 Å². The lowest BCUT2D eigenvalue weighted by molar-refractivity contribution is -0.195. The third-order valence-electron chi connectivity index (χ3n) is 4.27. The standard InChI is InChI=1S/C16H31NO5/c1-3-5-6-7-8-9-13(19)17-14-11(4-2)22-12(10-18)15(20)16(14)21/h11-12,14-16,18,20-21H,3-10H2,1-2H3,(H,17,19)/t11-,12?,14?,15+,16?/m0/s1. The summed E-state index contributed by atoms with van der Waals surface area (Å²) >= 11 is 0. The van der Waals surface area contributed by atoms with Gasteiger partial charge in [0, 0.05) is 6.42 Å². The summed E-state index contributed by atoms with van der Waals surface area (Å²) in [5.74, 6) is -0.128. The number of ether oxygens (including phenoxy) is 1. The van der Waals surface area contributed by atoms with Crippen LogP contribution in [0, 0.1) is 0 Å². The Morgan fingerprint density at radius 1 is 1.05 bits per heavy atom. The third kappa shape index (κ3) is 5.50. The van der Waals surface area contributed by atoms with Crippen LogP contribution in [0.4, 0.5) is 0 Å². The van der Waals surface area contributed by atoms with Gasteiger partial charge in [0.1, 0.15) is 18.3 Å². The number of carbonyl (C=O) groups is 1. The first-order valence-electron chi connectivity index (χ1n) is 8.46. The molecule has 0 spiro atoms. The van der Waals surface area contributed by atoms with E-state index in [0.717, 1.165) is 19.3 Å². The Balaban J connectivity index is 2.45. The molecule has 6 heteroatoms. The molecule has 1 rings (SSSR count). The van der Waals surface area contributed by atoms with Crippen molar-refractivity contribution in [2.24, 2.45) is 0 Å². The fraction of sp³-hybridized carbons (Fsp3) is 0.938. The first-order chi connectivity index (χ1) is 10.5. The van der Waals surface area contributed by atoms with Crippen molar-refractivity contribution in [1.82, 2.24) is 5.32 Å². The van der Waals surface area contributed by atoms with E-state index >= 15 is 0 Å². The molecule has 1 fully saturated rings. The van der Waals surface area contributed by atoms with E-state index in [4.69, 9.17) is 9.84 Å². The first kappa shape index (κ1) is 19.4. The highest BCUT2D eigenvalue weighted by Crippen LogP contribution is 2.23. The van der Waals surface area contributed by atoms with Crippen molar-refractivity contribution >= 4 is 5.91 Å². The molecule has 1 heterocycles. The maximum Gasteiger partial charge on any atom is 0.220 e. The van der Waals surface area contributed by atoms with Gasteiger partial charge in [-0.2, -0.15) is 0 Å². The molecule has 6 nitrogen and oxygen atoms in total. The van der Waals surface area contributed by atoms with Crippen molar-refractivity contribution in [2.75, 3.05) is 6.61 Å². The predicted molar refractivity (Wildman–Crippen MR) is 83.4 cm³/mol. The van der Waals surface area contributed by atoms with E-state index < -0.39 is 30.5 Å². The molecule has 0 aromatic heterocycles. The Labute approximate surface area is 132 Å². The molecule has 1 amide bonds. The molecule has 0 aliphatic carbocycles. The normalized spacial score (nSPS) is 32.0. The second-order valence-corrected chi connectivity index (χ2v) is 6.04. The molecule has 0 radical (unpaired) electrons. The van der Waals surface area contributed by atoms with Gasteiger partial charge in [-0.25, -0.2) is 0 Å². The molecule has 4 N–H and O–H groups in total. The summed E-state index contributed by atoms with van der Waals surface area (Å²) in [5, 5.41) is 32.0. The summed E-state index contributed by atoms with van der Waals surface area (Å²) in [6, 6.07) is -0.633. The van der Waals surface area contributed by atoms with Crippen molar-refractivity contribution in [3.05, 3.63) is 0 Å². The molecule has 1 saturated heterocycles. The molecule has 1 aliphatic heterocycles. The minimum absolute atomic E-state index is 0.128. The minimum Gasteiger partial charge on any atom is -0.394 e. The molecule has 0 aromatic rings. The number of hydrogen-bond acceptors (Lipinski definition) is 5. The van der Waals surface area contributed by atoms with Crippen LogP contribution in [0.1, 0.15) is 58.8 Å². The topological polar surface area (TPSA) is 99.0 Å². The zero-order valence-electron chi connectivity index (χ0n) is 13.7. The van der Waals surface area contributed by atoms with E-state index in [9.17, 15) is 15.0 Å². The highest BCUT2D eigenvalue weighted by Gasteiger charge is 2.43. The Kier molecular flexibility index (Phi) is 8.93. The fourth-order valence-corrected chi connectivity index (χ4v) is 2.87. The Morgan fingerprint density at radius 2 is 1.73 bits per heavy atom. The molecule has 0 aromatic carbocycles. The van der Waals surface area contributed by atoms with Crippen LogP contribution in [0.15, 0.2) is 0 Å². The number of amides is 1. The van der Waals surface area contributed by atoms with Crippen LogP contribution in [0.3, 0.4) is 0 Å². The van der Waals surface area contributed by atoms with Crippen molar-refractivity contribution in [2.45, 2.75) is 89.3 Å². The maximum absolute atomic E-state index is 12.0. The number of hydrogen-bond donors (Lipinski definition) is 4. The van der Waals surface area contributed by atoms with Gasteiger partial charge in [-0.05, 0) is 12.8 Å². The summed E-state index contributed by atoms with van der Waals surface area (Å²) in [4.78, 5) is 12.0. The van der Waals surface area contributed by atoms with Gasteiger partial charge < -0.3 is 25.4 Å². The molecule has 130 valence electrons. The van der Waals surface area contributed by atoms with Crippen LogP contribution in [0.2, 0.25) is 0 Å². The average molecular weight is 317 g/mol. The van der Waals surface area contributed by atoms with E-state index in [2.05, 4.69) is 12.2 Å². The van der Waals surface area contributed by atoms with Crippen molar-refractivity contribution < 1.29 is 24.9 Å². The number of nitrogens with one attached hydrogen (secondary N) is 1. The van der Waals surface area contributed by atoms with Crippen LogP contribution in [0.5, 0.6) is 0 Å². The van der Waals surface area contributed by atoms with Gasteiger partial charge >= 0.3 is 0 Å². The van der Waals surface area contributed by atoms with Crippen LogP contribution in [-0.2, 0) is 9.53 Å². The molecule has 5 atom stereocenters. The summed E-state index contributed by atoms with van der Waals surface area (Å²) in [5.41, 5.74) is 0. The molecule has 22 heavy (non-hydrogen) atoms. The zero-order chi connectivity index (χ0) is 16.5. The second-order valence-electron chi connectivity index (χ2n) is 6.04. The zero-order valence-corrected chi connectivity index (χ0v) is 13.7. The summed E-state index contributed by atoms with van der Waals surface area (Å²) in [7, 11) is 0. The molecule has 1 aliphatic rings. The summed E-state index contributed by atoms with van der Waals surface area (Å²) in [6.07, 6.45) is 2.82. The molecule has 0 bridgehead atoms. The lowest BCUT2D eigenvalue weighted by atomic mass is 9.91. The molecule has 3 unspecified atom stereocenters. The fourth-order valence-electron chi connectivity index (χ4n) is 2.87. The van der Waals surface area contributed by atoms with Gasteiger partial charge in [0.15, 0.2) is 0 Å². The molecule has 0 saturated carbocycles. The van der Waals surface area contributed by atoms with Crippen LogP contribution < -0.4 is 5.32 Å². The largest absolute Gasteiger partial charge is 0.394 e. The predicted octanol–water partition coefficient (Wildman–Crippen LogP) is 0.723. The Morgan fingerprint density at radius 3 is 2.32 bits per heavy atom. The van der Waals surface area contributed by atoms with Crippen LogP contribution in [-0.4, -0.2) is 58.3 Å². The smallest absolute Gasteiger partial charge is 0.220 e. The van der Waals surface area contributed by atoms with E-state index in [1.807, 2.05) is 6.92 Å². The number of carbonyl (C=O) groups excluding carboxylic acids is 1. The van der Waals surface area contributed by atoms with E-state index in [1.165, 1.54) is 12.8 Å². The third-order valence-corrected chi connectivity index (χ3v) is 4.27. The van der Waals surface area contributed by atoms with Gasteiger partial charge in [-0.15, -0.1) is 0 Å². The SMILES string of the molecule is CCCCCCCC(=O)NC1C(O)[C@H](O)C(CO)O[C@H]1CC. The monoisotopic (exact) mass is 317 g/mol. The molecular formula is C16H31NO5. The number of unbranched alkanes of at least 4 members (excludes halogenated alkanes) is 4. The quantitative estimate of drug-likeness (QED) is 0.470. The number of aliphatic hydroxyl groups is 3. The van der Waals surface area contributed by atoms with Gasteiger partial charge in [0.05, 0.1) is 18.8 Å². The van der Waals surface area contributed by atoms with Crippen LogP contribution in [0.25, 0.3) is 0 Å². The minimum atomic E-state index is -1.19. The Hall–Kier alpha value is -0.690. The number of rotatable bonds is 9. The van der Waals surface area contributed by atoms with Crippen molar-refractivity contribution in [1.29, 1.82) is 0 Å². The van der Waals surface area contributed by atoms with E-state index in [-0.39, 0.29) is 12.5 Å². The number of aliphatic hydroxyl groups excluding tert-OH is 3. The van der Waals surface area contributed by atoms with Gasteiger partial charge in [-0.3, -0.25) is 4.79 Å². The lowest BCUT2D eigenvalue weighted by Crippen LogP contribution is -2.64.